The van der Waals surface area contributed by atoms with Crippen LogP contribution in [-0.2, 0) is 16.1 Å². The number of halogens is 1. The van der Waals surface area contributed by atoms with Gasteiger partial charge in [0.15, 0.2) is 11.0 Å². The highest BCUT2D eigenvalue weighted by atomic mass is 35.5. The Morgan fingerprint density at radius 3 is 2.53 bits per heavy atom. The van der Waals surface area contributed by atoms with Gasteiger partial charge >= 0.3 is 5.97 Å². The zero-order valence-corrected chi connectivity index (χ0v) is 20.7. The maximum atomic E-state index is 12.8. The third-order valence-corrected chi connectivity index (χ3v) is 7.35. The van der Waals surface area contributed by atoms with Crippen LogP contribution in [-0.4, -0.2) is 39.0 Å². The first-order valence-electron chi connectivity index (χ1n) is 11.3. The van der Waals surface area contributed by atoms with Gasteiger partial charge < -0.3 is 10.1 Å². The number of methoxy groups -OCH3 is 1. The van der Waals surface area contributed by atoms with Crippen molar-refractivity contribution < 1.29 is 14.3 Å². The van der Waals surface area contributed by atoms with Gasteiger partial charge in [-0.05, 0) is 49.6 Å². The van der Waals surface area contributed by atoms with Crippen LogP contribution in [0, 0.1) is 0 Å². The molecule has 1 N–H and O–H groups in total. The number of carbonyl (C=O) groups is 2. The molecular weight excluding hydrogens is 472 g/mol. The Kier molecular flexibility index (Phi) is 7.90. The van der Waals surface area contributed by atoms with E-state index in [1.165, 1.54) is 31.7 Å². The Bertz CT molecular complexity index is 1160. The minimum absolute atomic E-state index is 0.0951. The van der Waals surface area contributed by atoms with E-state index >= 15 is 0 Å². The van der Waals surface area contributed by atoms with E-state index in [1.807, 2.05) is 31.2 Å². The summed E-state index contributed by atoms with van der Waals surface area (Å²) in [5, 5.41) is 12.9. The predicted molar refractivity (Wildman–Crippen MR) is 133 cm³/mol. The standard InChI is InChI=1S/C25H27ClN4O3S/c1-16(23(31)27-15-17-11-13-18(14-12-17)24(32)33-2)34-25-29-28-22(20-9-5-6-10-21(20)26)30(25)19-7-3-4-8-19/h5-6,9-14,16,19H,3-4,7-8,15H2,1-2H3,(H,27,31). The van der Waals surface area contributed by atoms with Crippen LogP contribution in [0.15, 0.2) is 53.7 Å². The molecule has 1 aliphatic rings. The normalized spacial score (nSPS) is 14.7. The third kappa shape index (κ3) is 5.45. The van der Waals surface area contributed by atoms with Crippen molar-refractivity contribution >= 4 is 35.2 Å². The van der Waals surface area contributed by atoms with E-state index in [0.29, 0.717) is 23.2 Å². The zero-order valence-electron chi connectivity index (χ0n) is 19.2. The number of hydrogen-bond acceptors (Lipinski definition) is 6. The van der Waals surface area contributed by atoms with Crippen LogP contribution in [0.1, 0.15) is 54.6 Å². The topological polar surface area (TPSA) is 86.1 Å². The number of amides is 1. The lowest BCUT2D eigenvalue weighted by molar-refractivity contribution is -0.120. The number of nitrogens with zero attached hydrogens (tertiary/aromatic N) is 3. The lowest BCUT2D eigenvalue weighted by Gasteiger charge is -2.19. The second-order valence-electron chi connectivity index (χ2n) is 8.26. The molecule has 4 rings (SSSR count). The van der Waals surface area contributed by atoms with Gasteiger partial charge in [-0.2, -0.15) is 0 Å². The van der Waals surface area contributed by atoms with Gasteiger partial charge in [0, 0.05) is 18.2 Å². The number of benzene rings is 2. The maximum Gasteiger partial charge on any atom is 0.337 e. The predicted octanol–water partition coefficient (Wildman–Crippen LogP) is 5.30. The fraction of sp³-hybridized carbons (Fsp3) is 0.360. The average Bonchev–Trinajstić information content (AvgIpc) is 3.52. The fourth-order valence-electron chi connectivity index (χ4n) is 4.10. The number of carbonyl (C=O) groups excluding carboxylic acids is 2. The van der Waals surface area contributed by atoms with E-state index in [9.17, 15) is 9.59 Å². The van der Waals surface area contributed by atoms with Gasteiger partial charge in [0.25, 0.3) is 0 Å². The van der Waals surface area contributed by atoms with E-state index in [-0.39, 0.29) is 17.1 Å². The van der Waals surface area contributed by atoms with Gasteiger partial charge in [0.05, 0.1) is 22.9 Å². The molecule has 2 aromatic carbocycles. The molecule has 9 heteroatoms. The molecule has 1 atom stereocenters. The molecule has 0 radical (unpaired) electrons. The Morgan fingerprint density at radius 2 is 1.85 bits per heavy atom. The Morgan fingerprint density at radius 1 is 1.15 bits per heavy atom. The summed E-state index contributed by atoms with van der Waals surface area (Å²) >= 11 is 7.86. The van der Waals surface area contributed by atoms with Crippen molar-refractivity contribution in [1.82, 2.24) is 20.1 Å². The van der Waals surface area contributed by atoms with Crippen molar-refractivity contribution in [2.45, 2.75) is 55.6 Å². The summed E-state index contributed by atoms with van der Waals surface area (Å²) in [6.45, 7) is 2.23. The fourth-order valence-corrected chi connectivity index (χ4v) is 5.26. The van der Waals surface area contributed by atoms with Crippen LogP contribution in [0.3, 0.4) is 0 Å². The first kappa shape index (κ1) is 24.3. The van der Waals surface area contributed by atoms with E-state index < -0.39 is 0 Å². The minimum Gasteiger partial charge on any atom is -0.465 e. The van der Waals surface area contributed by atoms with Gasteiger partial charge in [-0.15, -0.1) is 10.2 Å². The summed E-state index contributed by atoms with van der Waals surface area (Å²) in [5.74, 6) is 0.267. The van der Waals surface area contributed by atoms with Crippen molar-refractivity contribution in [2.75, 3.05) is 7.11 Å². The van der Waals surface area contributed by atoms with Crippen LogP contribution in [0.5, 0.6) is 0 Å². The molecule has 1 saturated carbocycles. The second kappa shape index (κ2) is 11.1. The maximum absolute atomic E-state index is 12.8. The molecule has 3 aromatic rings. The van der Waals surface area contributed by atoms with Gasteiger partial charge in [-0.1, -0.05) is 60.5 Å². The van der Waals surface area contributed by atoms with E-state index in [0.717, 1.165) is 34.9 Å². The van der Waals surface area contributed by atoms with Crippen LogP contribution < -0.4 is 5.32 Å². The Hall–Kier alpha value is -2.84. The minimum atomic E-state index is -0.386. The largest absolute Gasteiger partial charge is 0.465 e. The van der Waals surface area contributed by atoms with Crippen molar-refractivity contribution in [2.24, 2.45) is 0 Å². The number of esters is 1. The smallest absolute Gasteiger partial charge is 0.337 e. The molecule has 1 heterocycles. The molecule has 1 amide bonds. The van der Waals surface area contributed by atoms with Crippen molar-refractivity contribution in [3.63, 3.8) is 0 Å². The van der Waals surface area contributed by atoms with Crippen molar-refractivity contribution in [3.8, 4) is 11.4 Å². The molecular formula is C25H27ClN4O3S. The number of nitrogens with one attached hydrogen (secondary N) is 1. The van der Waals surface area contributed by atoms with E-state index in [2.05, 4.69) is 20.1 Å². The monoisotopic (exact) mass is 498 g/mol. The highest BCUT2D eigenvalue weighted by Crippen LogP contribution is 2.39. The first-order chi connectivity index (χ1) is 16.5. The van der Waals surface area contributed by atoms with Gasteiger partial charge in [-0.3, -0.25) is 9.36 Å². The highest BCUT2D eigenvalue weighted by Gasteiger charge is 2.27. The molecule has 0 bridgehead atoms. The molecule has 1 aliphatic carbocycles. The van der Waals surface area contributed by atoms with Crippen molar-refractivity contribution in [3.05, 3.63) is 64.7 Å². The third-order valence-electron chi connectivity index (χ3n) is 5.96. The van der Waals surface area contributed by atoms with Crippen LogP contribution in [0.4, 0.5) is 0 Å². The molecule has 178 valence electrons. The molecule has 0 aliphatic heterocycles. The van der Waals surface area contributed by atoms with Crippen LogP contribution >= 0.6 is 23.4 Å². The van der Waals surface area contributed by atoms with E-state index in [1.54, 1.807) is 24.3 Å². The van der Waals surface area contributed by atoms with Gasteiger partial charge in [0.2, 0.25) is 5.91 Å². The number of thioether (sulfide) groups is 1. The average molecular weight is 499 g/mol. The number of aromatic nitrogens is 3. The summed E-state index contributed by atoms with van der Waals surface area (Å²) in [4.78, 5) is 24.4. The zero-order chi connectivity index (χ0) is 24.1. The summed E-state index contributed by atoms with van der Waals surface area (Å²) in [5.41, 5.74) is 2.22. The molecule has 1 unspecified atom stereocenters. The molecule has 0 spiro atoms. The Balaban J connectivity index is 1.46. The van der Waals surface area contributed by atoms with E-state index in [4.69, 9.17) is 16.3 Å². The van der Waals surface area contributed by atoms with Crippen LogP contribution in [0.2, 0.25) is 5.02 Å². The molecule has 1 fully saturated rings. The highest BCUT2D eigenvalue weighted by molar-refractivity contribution is 8.00. The number of rotatable bonds is 8. The van der Waals surface area contributed by atoms with Gasteiger partial charge in [-0.25, -0.2) is 4.79 Å². The quantitative estimate of drug-likeness (QED) is 0.335. The number of hydrogen-bond donors (Lipinski definition) is 1. The molecule has 34 heavy (non-hydrogen) atoms. The summed E-state index contributed by atoms with van der Waals surface area (Å²) in [6, 6.07) is 14.9. The molecule has 0 saturated heterocycles. The summed E-state index contributed by atoms with van der Waals surface area (Å²) in [6.07, 6.45) is 4.45. The first-order valence-corrected chi connectivity index (χ1v) is 12.5. The number of ether oxygens (including phenoxy) is 1. The van der Waals surface area contributed by atoms with Crippen LogP contribution in [0.25, 0.3) is 11.4 Å². The lowest BCUT2D eigenvalue weighted by Crippen LogP contribution is -2.30. The second-order valence-corrected chi connectivity index (χ2v) is 9.98. The van der Waals surface area contributed by atoms with Crippen molar-refractivity contribution in [1.29, 1.82) is 0 Å². The lowest BCUT2D eigenvalue weighted by atomic mass is 10.1. The Labute approximate surface area is 208 Å². The molecule has 7 nitrogen and oxygen atoms in total. The molecule has 1 aromatic heterocycles. The summed E-state index contributed by atoms with van der Waals surface area (Å²) < 4.78 is 6.87. The summed E-state index contributed by atoms with van der Waals surface area (Å²) in [7, 11) is 1.35. The SMILES string of the molecule is COC(=O)c1ccc(CNC(=O)C(C)Sc2nnc(-c3ccccc3Cl)n2C2CCCC2)cc1. The van der Waals surface area contributed by atoms with Gasteiger partial charge in [0.1, 0.15) is 0 Å².